The fourth-order valence-electron chi connectivity index (χ4n) is 6.34. The van der Waals surface area contributed by atoms with E-state index in [0.717, 1.165) is 81.3 Å². The molecule has 0 saturated carbocycles. The topological polar surface area (TPSA) is 76.5 Å². The van der Waals surface area contributed by atoms with Crippen molar-refractivity contribution in [3.8, 4) is 22.6 Å². The molecule has 3 aromatic carbocycles. The normalized spacial score (nSPS) is 12.5. The summed E-state index contributed by atoms with van der Waals surface area (Å²) in [7, 11) is 0. The number of ketones is 1. The van der Waals surface area contributed by atoms with Gasteiger partial charge in [0.25, 0.3) is 0 Å². The fraction of sp³-hybridized carbons (Fsp3) is 0.378. The Morgan fingerprint density at radius 3 is 2.10 bits per heavy atom. The molecule has 0 aliphatic rings. The van der Waals surface area contributed by atoms with Gasteiger partial charge in [-0.2, -0.15) is 0 Å². The van der Waals surface area contributed by atoms with Crippen molar-refractivity contribution in [2.75, 3.05) is 0 Å². The summed E-state index contributed by atoms with van der Waals surface area (Å²) in [4.78, 5) is 16.9. The number of benzene rings is 3. The molecule has 0 spiro atoms. The number of nitrogens with zero attached hydrogens (tertiary/aromatic N) is 1. The zero-order valence-electron chi connectivity index (χ0n) is 31.8. The van der Waals surface area contributed by atoms with Crippen LogP contribution in [0.15, 0.2) is 93.6 Å². The predicted octanol–water partition coefficient (Wildman–Crippen LogP) is 13.1. The minimum absolute atomic E-state index is 0. The Kier molecular flexibility index (Phi) is 12.3. The van der Waals surface area contributed by atoms with Gasteiger partial charge in [0.05, 0.1) is 5.56 Å². The van der Waals surface area contributed by atoms with Crippen LogP contribution in [0.25, 0.3) is 55.3 Å². The van der Waals surface area contributed by atoms with E-state index >= 15 is 0 Å². The standard InChI is InChI=1S/C30H24NO2.C15H28O2.Ir/c1-18-14-20-9-7-11-24(28(20)32-18)26-17-21-12-13-31-27(29(21)33-26)22-15-19-8-5-6-10-23(19)25(16-22)30(2,3)4;1-7-14(5,8-2)12(16)11-13(17)15(6,9-3)10-4;/h5-14,16-17H,1-4H3;11,16H,7-10H2,1-6H3;/q-1;;/b;12-11-;. The second-order valence-corrected chi connectivity index (χ2v) is 15.1. The maximum atomic E-state index is 12.2. The quantitative estimate of drug-likeness (QED) is 0.0890. The van der Waals surface area contributed by atoms with Crippen molar-refractivity contribution in [3.63, 3.8) is 0 Å². The molecule has 0 bridgehead atoms. The van der Waals surface area contributed by atoms with Crippen LogP contribution in [0.2, 0.25) is 0 Å². The summed E-state index contributed by atoms with van der Waals surface area (Å²) >= 11 is 0. The van der Waals surface area contributed by atoms with E-state index in [0.29, 0.717) is 0 Å². The van der Waals surface area contributed by atoms with Crippen LogP contribution in [-0.4, -0.2) is 15.9 Å². The number of rotatable bonds is 9. The van der Waals surface area contributed by atoms with E-state index in [4.69, 9.17) is 13.8 Å². The largest absolute Gasteiger partial charge is 0.512 e. The zero-order valence-corrected chi connectivity index (χ0v) is 34.2. The van der Waals surface area contributed by atoms with Crippen LogP contribution in [0, 0.1) is 23.8 Å². The fourth-order valence-corrected chi connectivity index (χ4v) is 6.34. The SMILES string of the molecule is CCC(C)(CC)C(=O)/C=C(\O)C(C)(CC)CC.Cc1cc2cccc(-c3cc4ccnc(-c5[c-]c6ccccc6c(C(C)(C)C)c5)c4o3)c2o1.[Ir]. The van der Waals surface area contributed by atoms with Crippen molar-refractivity contribution in [1.82, 2.24) is 4.98 Å². The molecule has 6 heteroatoms. The van der Waals surface area contributed by atoms with Crippen LogP contribution >= 0.6 is 0 Å². The Labute approximate surface area is 316 Å². The summed E-state index contributed by atoms with van der Waals surface area (Å²) in [5, 5.41) is 14.5. The van der Waals surface area contributed by atoms with Gasteiger partial charge in [0.2, 0.25) is 0 Å². The van der Waals surface area contributed by atoms with Gasteiger partial charge < -0.3 is 13.9 Å². The van der Waals surface area contributed by atoms with Crippen LogP contribution in [-0.2, 0) is 30.3 Å². The van der Waals surface area contributed by atoms with Crippen molar-refractivity contribution < 1.29 is 38.8 Å². The van der Waals surface area contributed by atoms with Crippen LogP contribution in [0.3, 0.4) is 0 Å². The summed E-state index contributed by atoms with van der Waals surface area (Å²) in [6.07, 6.45) is 6.60. The third kappa shape index (κ3) is 8.08. The van der Waals surface area contributed by atoms with Gasteiger partial charge in [0.1, 0.15) is 28.4 Å². The van der Waals surface area contributed by atoms with Gasteiger partial charge in [-0.15, -0.1) is 29.1 Å². The third-order valence-corrected chi connectivity index (χ3v) is 10.8. The van der Waals surface area contributed by atoms with Crippen molar-refractivity contribution in [2.45, 2.75) is 100 Å². The number of carbonyl (C=O) groups excluding carboxylic acids is 1. The van der Waals surface area contributed by atoms with Gasteiger partial charge in [0, 0.05) is 59.7 Å². The van der Waals surface area contributed by atoms with Crippen LogP contribution < -0.4 is 0 Å². The van der Waals surface area contributed by atoms with E-state index in [1.54, 1.807) is 0 Å². The molecular weight excluding hydrogens is 811 g/mol. The van der Waals surface area contributed by atoms with Crippen molar-refractivity contribution in [1.29, 1.82) is 0 Å². The van der Waals surface area contributed by atoms with Crippen LogP contribution in [0.1, 0.15) is 99.3 Å². The summed E-state index contributed by atoms with van der Waals surface area (Å²) in [5.74, 6) is 1.95. The Hall–Kier alpha value is -3.99. The number of allylic oxidation sites excluding steroid dienone is 2. The number of fused-ring (bicyclic) bond motifs is 3. The molecule has 271 valence electrons. The number of aliphatic hydroxyl groups is 1. The molecule has 1 N–H and O–H groups in total. The average molecular weight is 863 g/mol. The zero-order chi connectivity index (χ0) is 36.4. The maximum Gasteiger partial charge on any atom is 0.164 e. The van der Waals surface area contributed by atoms with Gasteiger partial charge in [-0.1, -0.05) is 104 Å². The molecule has 0 aliphatic carbocycles. The van der Waals surface area contributed by atoms with E-state index in [2.05, 4.69) is 69.3 Å². The molecule has 0 fully saturated rings. The first-order valence-corrected chi connectivity index (χ1v) is 18.0. The number of para-hydroxylation sites is 1. The summed E-state index contributed by atoms with van der Waals surface area (Å²) in [6, 6.07) is 26.5. The van der Waals surface area contributed by atoms with E-state index in [1.165, 1.54) is 17.0 Å². The molecule has 6 aromatic rings. The monoisotopic (exact) mass is 863 g/mol. The van der Waals surface area contributed by atoms with Crippen molar-refractivity contribution in [2.24, 2.45) is 10.8 Å². The molecule has 51 heavy (non-hydrogen) atoms. The number of aromatic nitrogens is 1. The maximum absolute atomic E-state index is 12.2. The van der Waals surface area contributed by atoms with Gasteiger partial charge in [-0.05, 0) is 62.3 Å². The summed E-state index contributed by atoms with van der Waals surface area (Å²) in [5.41, 5.74) is 4.95. The molecule has 5 nitrogen and oxygen atoms in total. The Morgan fingerprint density at radius 2 is 1.45 bits per heavy atom. The molecule has 3 aromatic heterocycles. The van der Waals surface area contributed by atoms with Gasteiger partial charge >= 0.3 is 0 Å². The van der Waals surface area contributed by atoms with E-state index in [-0.39, 0.29) is 47.9 Å². The molecule has 0 saturated heterocycles. The number of pyridine rings is 1. The molecule has 3 heterocycles. The van der Waals surface area contributed by atoms with Crippen LogP contribution in [0.4, 0.5) is 0 Å². The third-order valence-electron chi connectivity index (χ3n) is 10.8. The van der Waals surface area contributed by atoms with Gasteiger partial charge in [0.15, 0.2) is 5.78 Å². The first-order chi connectivity index (χ1) is 23.7. The summed E-state index contributed by atoms with van der Waals surface area (Å²) < 4.78 is 12.4. The number of carbonyl (C=O) groups is 1. The average Bonchev–Trinajstić information content (AvgIpc) is 3.73. The molecule has 0 aliphatic heterocycles. The Bertz CT molecular complexity index is 2170. The Morgan fingerprint density at radius 1 is 0.804 bits per heavy atom. The number of hydrogen-bond donors (Lipinski definition) is 1. The molecule has 6 rings (SSSR count). The molecule has 0 unspecified atom stereocenters. The Balaban J connectivity index is 0.000000279. The van der Waals surface area contributed by atoms with Crippen molar-refractivity contribution >= 4 is 38.5 Å². The second-order valence-electron chi connectivity index (χ2n) is 15.1. The van der Waals surface area contributed by atoms with Crippen LogP contribution in [0.5, 0.6) is 0 Å². The van der Waals surface area contributed by atoms with E-state index in [9.17, 15) is 9.90 Å². The molecule has 1 radical (unpaired) electrons. The van der Waals surface area contributed by atoms with Gasteiger partial charge in [-0.3, -0.25) is 9.78 Å². The van der Waals surface area contributed by atoms with E-state index < -0.39 is 0 Å². The smallest absolute Gasteiger partial charge is 0.164 e. The predicted molar refractivity (Wildman–Crippen MR) is 208 cm³/mol. The second kappa shape index (κ2) is 15.7. The van der Waals surface area contributed by atoms with Crippen molar-refractivity contribution in [3.05, 3.63) is 102 Å². The molecular formula is C45H52IrNO4-. The first-order valence-electron chi connectivity index (χ1n) is 18.0. The number of aliphatic hydroxyl groups excluding tert-OH is 1. The summed E-state index contributed by atoms with van der Waals surface area (Å²) in [6.45, 7) is 20.8. The minimum atomic E-state index is -0.337. The first kappa shape index (κ1) is 39.8. The number of furan rings is 2. The van der Waals surface area contributed by atoms with E-state index in [1.807, 2.05) is 78.9 Å². The number of aryl methyl sites for hydroxylation is 1. The minimum Gasteiger partial charge on any atom is -0.512 e. The molecule has 0 atom stereocenters. The number of hydrogen-bond acceptors (Lipinski definition) is 5. The van der Waals surface area contributed by atoms with Gasteiger partial charge in [-0.25, -0.2) is 0 Å². The molecule has 0 amide bonds.